The van der Waals surface area contributed by atoms with Gasteiger partial charge in [-0.15, -0.1) is 0 Å². The molecule has 0 aliphatic heterocycles. The molecule has 1 atom stereocenters. The lowest BCUT2D eigenvalue weighted by Gasteiger charge is -2.14. The third-order valence-corrected chi connectivity index (χ3v) is 3.34. The summed E-state index contributed by atoms with van der Waals surface area (Å²) in [5, 5.41) is 10.2. The van der Waals surface area contributed by atoms with Gasteiger partial charge in [0.2, 0.25) is 0 Å². The van der Waals surface area contributed by atoms with Crippen molar-refractivity contribution in [3.05, 3.63) is 75.5 Å². The topological polar surface area (TPSA) is 81.0 Å². The Morgan fingerprint density at radius 2 is 2.04 bits per heavy atom. The van der Waals surface area contributed by atoms with E-state index in [1.54, 1.807) is 31.2 Å². The molecule has 3 rings (SSSR count). The van der Waals surface area contributed by atoms with Crippen molar-refractivity contribution in [2.45, 2.75) is 19.5 Å². The number of nitrogens with zero attached hydrogens (tertiary/aromatic N) is 2. The lowest BCUT2D eigenvalue weighted by atomic mass is 9.92. The SMILES string of the molecule is Cc1cc(C(c2cccc(OC(F)F)c2)c2ccc(=O)[nH]n2)on1. The van der Waals surface area contributed by atoms with Gasteiger partial charge in [0, 0.05) is 12.1 Å². The van der Waals surface area contributed by atoms with Crippen LogP contribution < -0.4 is 10.3 Å². The van der Waals surface area contributed by atoms with Crippen LogP contribution in [0.3, 0.4) is 0 Å². The van der Waals surface area contributed by atoms with Crippen LogP contribution in [0.4, 0.5) is 8.78 Å². The molecule has 0 fully saturated rings. The van der Waals surface area contributed by atoms with Crippen LogP contribution in [0.2, 0.25) is 0 Å². The molecule has 0 spiro atoms. The first-order valence-corrected chi connectivity index (χ1v) is 7.06. The quantitative estimate of drug-likeness (QED) is 0.776. The molecular formula is C16H13F2N3O3. The van der Waals surface area contributed by atoms with E-state index in [9.17, 15) is 13.6 Å². The second-order valence-electron chi connectivity index (χ2n) is 5.10. The Balaban J connectivity index is 2.08. The van der Waals surface area contributed by atoms with Crippen molar-refractivity contribution in [3.8, 4) is 5.75 Å². The minimum atomic E-state index is -2.92. The van der Waals surface area contributed by atoms with Gasteiger partial charge in [-0.25, -0.2) is 5.10 Å². The molecule has 124 valence electrons. The van der Waals surface area contributed by atoms with E-state index in [4.69, 9.17) is 4.52 Å². The number of alkyl halides is 2. The zero-order valence-electron chi connectivity index (χ0n) is 12.6. The Hall–Kier alpha value is -3.03. The Kier molecular flexibility index (Phi) is 4.37. The molecule has 6 nitrogen and oxygen atoms in total. The molecule has 0 amide bonds. The molecule has 3 aromatic rings. The Bertz CT molecular complexity index is 872. The highest BCUT2D eigenvalue weighted by molar-refractivity contribution is 5.40. The second-order valence-corrected chi connectivity index (χ2v) is 5.10. The minimum Gasteiger partial charge on any atom is -0.435 e. The van der Waals surface area contributed by atoms with Crippen LogP contribution in [0.1, 0.15) is 28.6 Å². The van der Waals surface area contributed by atoms with E-state index in [2.05, 4.69) is 20.1 Å². The van der Waals surface area contributed by atoms with Crippen molar-refractivity contribution in [2.24, 2.45) is 0 Å². The van der Waals surface area contributed by atoms with Crippen molar-refractivity contribution >= 4 is 0 Å². The number of H-pyrrole nitrogens is 1. The Labute approximate surface area is 135 Å². The molecule has 0 saturated carbocycles. The smallest absolute Gasteiger partial charge is 0.387 e. The van der Waals surface area contributed by atoms with Crippen molar-refractivity contribution in [1.29, 1.82) is 0 Å². The maximum absolute atomic E-state index is 12.4. The molecule has 0 radical (unpaired) electrons. The van der Waals surface area contributed by atoms with Gasteiger partial charge in [-0.3, -0.25) is 4.79 Å². The van der Waals surface area contributed by atoms with Crippen molar-refractivity contribution in [1.82, 2.24) is 15.4 Å². The summed E-state index contributed by atoms with van der Waals surface area (Å²) < 4.78 is 34.6. The molecule has 1 N–H and O–H groups in total. The van der Waals surface area contributed by atoms with E-state index in [0.29, 0.717) is 22.7 Å². The van der Waals surface area contributed by atoms with Gasteiger partial charge in [0.25, 0.3) is 5.56 Å². The number of nitrogens with one attached hydrogen (secondary N) is 1. The molecule has 0 aliphatic carbocycles. The molecule has 1 unspecified atom stereocenters. The van der Waals surface area contributed by atoms with Gasteiger partial charge in [0.05, 0.1) is 17.3 Å². The largest absolute Gasteiger partial charge is 0.435 e. The number of rotatable bonds is 5. The van der Waals surface area contributed by atoms with E-state index < -0.39 is 12.5 Å². The summed E-state index contributed by atoms with van der Waals surface area (Å²) in [6, 6.07) is 10.8. The fraction of sp³-hybridized carbons (Fsp3) is 0.188. The molecule has 1 aromatic carbocycles. The normalized spacial score (nSPS) is 12.3. The lowest BCUT2D eigenvalue weighted by molar-refractivity contribution is -0.0498. The summed E-state index contributed by atoms with van der Waals surface area (Å²) >= 11 is 0. The van der Waals surface area contributed by atoms with Crippen LogP contribution in [0.15, 0.2) is 51.8 Å². The zero-order chi connectivity index (χ0) is 17.1. The molecule has 24 heavy (non-hydrogen) atoms. The minimum absolute atomic E-state index is 0.0214. The number of benzene rings is 1. The molecule has 0 saturated heterocycles. The van der Waals surface area contributed by atoms with Gasteiger partial charge >= 0.3 is 6.61 Å². The third kappa shape index (κ3) is 3.48. The molecule has 0 aliphatic rings. The van der Waals surface area contributed by atoms with Crippen LogP contribution in [0, 0.1) is 6.92 Å². The van der Waals surface area contributed by atoms with Crippen LogP contribution in [0.25, 0.3) is 0 Å². The number of aromatic amines is 1. The maximum Gasteiger partial charge on any atom is 0.387 e. The summed E-state index contributed by atoms with van der Waals surface area (Å²) in [7, 11) is 0. The fourth-order valence-corrected chi connectivity index (χ4v) is 2.39. The molecular weight excluding hydrogens is 320 g/mol. The van der Waals surface area contributed by atoms with Gasteiger partial charge in [-0.2, -0.15) is 13.9 Å². The van der Waals surface area contributed by atoms with Gasteiger partial charge in [-0.1, -0.05) is 17.3 Å². The average molecular weight is 333 g/mol. The van der Waals surface area contributed by atoms with Crippen molar-refractivity contribution in [3.63, 3.8) is 0 Å². The summed E-state index contributed by atoms with van der Waals surface area (Å²) in [6.07, 6.45) is 0. The van der Waals surface area contributed by atoms with Crippen molar-refractivity contribution in [2.75, 3.05) is 0 Å². The van der Waals surface area contributed by atoms with Crippen LogP contribution in [-0.4, -0.2) is 22.0 Å². The second kappa shape index (κ2) is 6.61. The van der Waals surface area contributed by atoms with Gasteiger partial charge in [-0.05, 0) is 30.7 Å². The molecule has 2 aromatic heterocycles. The van der Waals surface area contributed by atoms with E-state index in [-0.39, 0.29) is 11.3 Å². The summed E-state index contributed by atoms with van der Waals surface area (Å²) in [6.45, 7) is -1.15. The Morgan fingerprint density at radius 1 is 1.21 bits per heavy atom. The highest BCUT2D eigenvalue weighted by Crippen LogP contribution is 2.32. The van der Waals surface area contributed by atoms with Gasteiger partial charge in [0.15, 0.2) is 5.76 Å². The highest BCUT2D eigenvalue weighted by atomic mass is 19.3. The number of hydrogen-bond donors (Lipinski definition) is 1. The summed E-state index contributed by atoms with van der Waals surface area (Å²) in [5.74, 6) is -0.0290. The van der Waals surface area contributed by atoms with E-state index in [0.717, 1.165) is 0 Å². The standard InChI is InChI=1S/C16H13F2N3O3/c1-9-7-13(24-21-9)15(12-5-6-14(22)20-19-12)10-3-2-4-11(8-10)23-16(17)18/h2-8,15-16H,1H3,(H,20,22). The maximum atomic E-state index is 12.4. The van der Waals surface area contributed by atoms with E-state index in [1.165, 1.54) is 18.2 Å². The molecule has 2 heterocycles. The van der Waals surface area contributed by atoms with Gasteiger partial charge in [0.1, 0.15) is 5.75 Å². The third-order valence-electron chi connectivity index (χ3n) is 3.34. The van der Waals surface area contributed by atoms with Crippen LogP contribution >= 0.6 is 0 Å². The predicted molar refractivity (Wildman–Crippen MR) is 80.1 cm³/mol. The summed E-state index contributed by atoms with van der Waals surface area (Å²) in [4.78, 5) is 11.2. The van der Waals surface area contributed by atoms with Crippen LogP contribution in [-0.2, 0) is 0 Å². The monoisotopic (exact) mass is 333 g/mol. The first-order valence-electron chi connectivity index (χ1n) is 7.06. The zero-order valence-corrected chi connectivity index (χ0v) is 12.6. The highest BCUT2D eigenvalue weighted by Gasteiger charge is 2.23. The summed E-state index contributed by atoms with van der Waals surface area (Å²) in [5.41, 5.74) is 1.42. The van der Waals surface area contributed by atoms with Crippen LogP contribution in [0.5, 0.6) is 5.75 Å². The number of ether oxygens (including phenoxy) is 1. The predicted octanol–water partition coefficient (Wildman–Crippen LogP) is 2.85. The fourth-order valence-electron chi connectivity index (χ4n) is 2.39. The number of aryl methyl sites for hydroxylation is 1. The van der Waals surface area contributed by atoms with Gasteiger partial charge < -0.3 is 9.26 Å². The molecule has 0 bridgehead atoms. The lowest BCUT2D eigenvalue weighted by Crippen LogP contribution is -2.12. The number of aromatic nitrogens is 3. The van der Waals surface area contributed by atoms with E-state index >= 15 is 0 Å². The number of hydrogen-bond acceptors (Lipinski definition) is 5. The van der Waals surface area contributed by atoms with Crippen molar-refractivity contribution < 1.29 is 18.0 Å². The molecule has 8 heteroatoms. The van der Waals surface area contributed by atoms with E-state index in [1.807, 2.05) is 0 Å². The average Bonchev–Trinajstić information content (AvgIpc) is 2.95. The Morgan fingerprint density at radius 3 is 2.67 bits per heavy atom. The first kappa shape index (κ1) is 15.9. The first-order chi connectivity index (χ1) is 11.5. The number of halogens is 2.